The Kier molecular flexibility index (Phi) is 6.12. The third-order valence-corrected chi connectivity index (χ3v) is 1.34. The largest absolute Gasteiger partial charge is 0.378 e. The van der Waals surface area contributed by atoms with Gasteiger partial charge in [-0.25, -0.2) is 4.39 Å². The van der Waals surface area contributed by atoms with Crippen molar-refractivity contribution in [2.45, 2.75) is 0 Å². The number of hydrogen-bond donors (Lipinski definition) is 2. The van der Waals surface area contributed by atoms with Crippen molar-refractivity contribution >= 4 is 13.9 Å². The molecule has 6 heteroatoms. The Hall–Kier alpha value is -0.900. The molecule has 0 unspecified atom stereocenters. The van der Waals surface area contributed by atoms with Crippen molar-refractivity contribution in [3.63, 3.8) is 0 Å². The van der Waals surface area contributed by atoms with Crippen molar-refractivity contribution in [1.82, 2.24) is 0 Å². The fourth-order valence-electron chi connectivity index (χ4n) is 0.739. The fourth-order valence-corrected chi connectivity index (χ4v) is 0.739. The van der Waals surface area contributed by atoms with E-state index in [0.29, 0.717) is 0 Å². The molecule has 0 spiro atoms. The first kappa shape index (κ1) is 13.1. The molecule has 0 radical (unpaired) electrons. The van der Waals surface area contributed by atoms with E-state index in [1.807, 2.05) is 19.0 Å². The van der Waals surface area contributed by atoms with Gasteiger partial charge in [0.2, 0.25) is 0 Å². The monoisotopic (exact) mass is 221 g/mol. The quantitative estimate of drug-likeness (QED) is 0.701. The topological polar surface area (TPSA) is 60.8 Å². The second-order valence-electron chi connectivity index (χ2n) is 2.65. The first-order valence-corrected chi connectivity index (χ1v) is 5.08. The van der Waals surface area contributed by atoms with E-state index in [-0.39, 0.29) is 5.82 Å². The average Bonchev–Trinajstić information content (AvgIpc) is 2.03. The van der Waals surface area contributed by atoms with Gasteiger partial charge in [-0.05, 0) is 24.3 Å². The number of benzene rings is 1. The van der Waals surface area contributed by atoms with Gasteiger partial charge in [0.05, 0.1) is 0 Å². The van der Waals surface area contributed by atoms with E-state index in [2.05, 4.69) is 0 Å². The van der Waals surface area contributed by atoms with Crippen LogP contribution in [0.5, 0.6) is 0 Å². The lowest BCUT2D eigenvalue weighted by molar-refractivity contribution is 0.405. The molecule has 0 atom stereocenters. The SMILES string of the molecule is CN(C)c1ccc(F)cc1.O=[PH](O)O. The minimum absolute atomic E-state index is 0.189. The molecule has 14 heavy (non-hydrogen) atoms. The third-order valence-electron chi connectivity index (χ3n) is 1.34. The van der Waals surface area contributed by atoms with E-state index in [1.165, 1.54) is 12.1 Å². The fraction of sp³-hybridized carbons (Fsp3) is 0.250. The summed E-state index contributed by atoms with van der Waals surface area (Å²) in [6.45, 7) is 0. The summed E-state index contributed by atoms with van der Waals surface area (Å²) in [6.07, 6.45) is 0. The average molecular weight is 221 g/mol. The van der Waals surface area contributed by atoms with Crippen LogP contribution in [0.1, 0.15) is 0 Å². The van der Waals surface area contributed by atoms with E-state index in [1.54, 1.807) is 12.1 Å². The maximum Gasteiger partial charge on any atom is 0.314 e. The highest BCUT2D eigenvalue weighted by atomic mass is 31.1. The standard InChI is InChI=1S/C8H10FN.H3O3P/c1-10(2)8-5-3-7(9)4-6-8;1-4(2)3/h3-6H,1-2H3;4H,(H2,1,2,3). The smallest absolute Gasteiger partial charge is 0.314 e. The third kappa shape index (κ3) is 6.60. The molecule has 1 aromatic carbocycles. The van der Waals surface area contributed by atoms with Gasteiger partial charge >= 0.3 is 8.25 Å². The molecule has 0 saturated heterocycles. The highest BCUT2D eigenvalue weighted by molar-refractivity contribution is 7.30. The zero-order valence-corrected chi connectivity index (χ0v) is 8.94. The van der Waals surface area contributed by atoms with E-state index in [9.17, 15) is 4.39 Å². The van der Waals surface area contributed by atoms with Crippen molar-refractivity contribution in [1.29, 1.82) is 0 Å². The van der Waals surface area contributed by atoms with Crippen molar-refractivity contribution in [2.24, 2.45) is 0 Å². The summed E-state index contributed by atoms with van der Waals surface area (Å²) < 4.78 is 21.1. The van der Waals surface area contributed by atoms with Crippen LogP contribution in [0, 0.1) is 5.82 Å². The molecule has 0 bridgehead atoms. The second-order valence-corrected chi connectivity index (χ2v) is 3.22. The van der Waals surface area contributed by atoms with Gasteiger partial charge < -0.3 is 14.7 Å². The van der Waals surface area contributed by atoms with E-state index in [4.69, 9.17) is 14.4 Å². The molecule has 0 aliphatic rings. The maximum atomic E-state index is 12.3. The van der Waals surface area contributed by atoms with Crippen molar-refractivity contribution in [3.05, 3.63) is 30.1 Å². The zero-order chi connectivity index (χ0) is 11.1. The molecule has 0 amide bonds. The van der Waals surface area contributed by atoms with Gasteiger partial charge in [0, 0.05) is 19.8 Å². The Labute approximate surface area is 82.6 Å². The maximum absolute atomic E-state index is 12.3. The van der Waals surface area contributed by atoms with Crippen LogP contribution in [0.25, 0.3) is 0 Å². The normalized spacial score (nSPS) is 9.29. The van der Waals surface area contributed by atoms with Crippen LogP contribution in [0.2, 0.25) is 0 Å². The summed E-state index contributed by atoms with van der Waals surface area (Å²) in [6, 6.07) is 6.40. The summed E-state index contributed by atoms with van der Waals surface area (Å²) in [4.78, 5) is 16.2. The highest BCUT2D eigenvalue weighted by Crippen LogP contribution is 2.10. The van der Waals surface area contributed by atoms with Gasteiger partial charge in [-0.2, -0.15) is 0 Å². The van der Waals surface area contributed by atoms with Crippen LogP contribution in [-0.4, -0.2) is 23.9 Å². The second kappa shape index (κ2) is 6.54. The Balaban J connectivity index is 0.000000364. The summed E-state index contributed by atoms with van der Waals surface area (Å²) in [5.41, 5.74) is 1.02. The van der Waals surface area contributed by atoms with Crippen molar-refractivity contribution in [2.75, 3.05) is 19.0 Å². The molecule has 0 heterocycles. The van der Waals surface area contributed by atoms with E-state index >= 15 is 0 Å². The Morgan fingerprint density at radius 3 is 1.86 bits per heavy atom. The number of nitrogens with zero attached hydrogens (tertiary/aromatic N) is 1. The van der Waals surface area contributed by atoms with E-state index in [0.717, 1.165) is 5.69 Å². The molecule has 2 N–H and O–H groups in total. The first-order valence-electron chi connectivity index (χ1n) is 3.78. The van der Waals surface area contributed by atoms with Crippen molar-refractivity contribution in [3.8, 4) is 0 Å². The van der Waals surface area contributed by atoms with Gasteiger partial charge in [0.15, 0.2) is 0 Å². The van der Waals surface area contributed by atoms with Crippen LogP contribution in [0.15, 0.2) is 24.3 Å². The lowest BCUT2D eigenvalue weighted by atomic mass is 10.3. The molecule has 0 aliphatic heterocycles. The predicted octanol–water partition coefficient (Wildman–Crippen LogP) is 1.25. The number of anilines is 1. The molecule has 0 fully saturated rings. The Morgan fingerprint density at radius 1 is 1.21 bits per heavy atom. The minimum Gasteiger partial charge on any atom is -0.378 e. The van der Waals surface area contributed by atoms with Gasteiger partial charge in [-0.3, -0.25) is 4.57 Å². The lowest BCUT2D eigenvalue weighted by Gasteiger charge is -2.10. The molecule has 4 nitrogen and oxygen atoms in total. The van der Waals surface area contributed by atoms with Gasteiger partial charge in [0.25, 0.3) is 0 Å². The Bertz CT molecular complexity index is 285. The van der Waals surface area contributed by atoms with Gasteiger partial charge in [-0.1, -0.05) is 0 Å². The van der Waals surface area contributed by atoms with Crippen LogP contribution >= 0.6 is 8.25 Å². The number of hydrogen-bond acceptors (Lipinski definition) is 2. The summed E-state index contributed by atoms with van der Waals surface area (Å²) in [7, 11) is 0.718. The molecule has 0 aliphatic carbocycles. The van der Waals surface area contributed by atoms with Gasteiger partial charge in [-0.15, -0.1) is 0 Å². The lowest BCUT2D eigenvalue weighted by Crippen LogP contribution is -2.07. The van der Waals surface area contributed by atoms with Crippen LogP contribution in [0.3, 0.4) is 0 Å². The van der Waals surface area contributed by atoms with Crippen LogP contribution in [0.4, 0.5) is 10.1 Å². The molecule has 0 aromatic heterocycles. The predicted molar refractivity (Wildman–Crippen MR) is 54.2 cm³/mol. The summed E-state index contributed by atoms with van der Waals surface area (Å²) in [5, 5.41) is 0. The van der Waals surface area contributed by atoms with Crippen molar-refractivity contribution < 1.29 is 18.7 Å². The van der Waals surface area contributed by atoms with Crippen LogP contribution in [-0.2, 0) is 4.57 Å². The molecule has 80 valence electrons. The first-order chi connectivity index (χ1) is 6.43. The zero-order valence-electron chi connectivity index (χ0n) is 7.94. The highest BCUT2D eigenvalue weighted by Gasteiger charge is 1.92. The molecule has 1 aromatic rings. The summed E-state index contributed by atoms with van der Waals surface area (Å²) in [5.74, 6) is -0.189. The number of halogens is 1. The van der Waals surface area contributed by atoms with E-state index < -0.39 is 8.25 Å². The molecule has 0 saturated carbocycles. The Morgan fingerprint density at radius 2 is 1.57 bits per heavy atom. The molecular weight excluding hydrogens is 208 g/mol. The molecule has 1 rings (SSSR count). The summed E-state index contributed by atoms with van der Waals surface area (Å²) >= 11 is 0. The van der Waals surface area contributed by atoms with Crippen LogP contribution < -0.4 is 4.90 Å². The minimum atomic E-state index is -3.13. The molecular formula is C8H13FNO3P. The number of rotatable bonds is 1. The van der Waals surface area contributed by atoms with Gasteiger partial charge in [0.1, 0.15) is 5.82 Å².